The number of fused-ring (bicyclic) bond motifs is 5. The highest BCUT2D eigenvalue weighted by Crippen LogP contribution is 2.67. The lowest BCUT2D eigenvalue weighted by Crippen LogP contribution is -2.50. The minimum Gasteiger partial charge on any atom is -0.393 e. The number of rotatable bonds is 5. The smallest absolute Gasteiger partial charge is 0.0577 e. The molecule has 1 nitrogen and oxygen atoms in total. The quantitative estimate of drug-likeness (QED) is 0.457. The van der Waals surface area contributed by atoms with Crippen LogP contribution in [0, 0.1) is 52.3 Å². The van der Waals surface area contributed by atoms with E-state index in [9.17, 15) is 5.11 Å². The highest BCUT2D eigenvalue weighted by Gasteiger charge is 2.58. The van der Waals surface area contributed by atoms with Crippen molar-refractivity contribution in [1.82, 2.24) is 0 Å². The molecule has 1 N–H and O–H groups in total. The lowest BCUT2D eigenvalue weighted by atomic mass is 9.47. The van der Waals surface area contributed by atoms with Gasteiger partial charge in [0.05, 0.1) is 6.10 Å². The minimum absolute atomic E-state index is 0.0853. The summed E-state index contributed by atoms with van der Waals surface area (Å²) < 4.78 is 0. The van der Waals surface area contributed by atoms with Crippen LogP contribution in [0.15, 0.2) is 23.8 Å². The van der Waals surface area contributed by atoms with E-state index < -0.39 is 0 Å². The molecule has 0 aromatic rings. The summed E-state index contributed by atoms with van der Waals surface area (Å²) in [5, 5.41) is 10.2. The monoisotopic (exact) mass is 412 g/mol. The van der Waals surface area contributed by atoms with Crippen LogP contribution < -0.4 is 0 Å². The summed E-state index contributed by atoms with van der Waals surface area (Å²) in [5.74, 6) is 5.81. The van der Waals surface area contributed by atoms with Crippen LogP contribution in [0.2, 0.25) is 0 Å². The molecule has 170 valence electrons. The first-order valence-electron chi connectivity index (χ1n) is 13.2. The molecule has 4 rings (SSSR count). The van der Waals surface area contributed by atoms with Gasteiger partial charge in [-0.3, -0.25) is 0 Å². The summed E-state index contributed by atoms with van der Waals surface area (Å²) in [7, 11) is 0. The van der Waals surface area contributed by atoms with Gasteiger partial charge in [0, 0.05) is 0 Å². The maximum Gasteiger partial charge on any atom is 0.0577 e. The first-order valence-corrected chi connectivity index (χ1v) is 13.2. The van der Waals surface area contributed by atoms with Crippen LogP contribution >= 0.6 is 0 Å². The third kappa shape index (κ3) is 3.76. The van der Waals surface area contributed by atoms with E-state index in [2.05, 4.69) is 59.8 Å². The van der Waals surface area contributed by atoms with Crippen molar-refractivity contribution >= 4 is 0 Å². The second-order valence-corrected chi connectivity index (χ2v) is 12.6. The normalized spacial score (nSPS) is 45.6. The van der Waals surface area contributed by atoms with E-state index in [0.717, 1.165) is 48.3 Å². The molecule has 0 radical (unpaired) electrons. The van der Waals surface area contributed by atoms with Gasteiger partial charge in [0.1, 0.15) is 0 Å². The van der Waals surface area contributed by atoms with E-state index in [1.165, 1.54) is 44.9 Å². The molecule has 0 heterocycles. The molecule has 1 heteroatoms. The van der Waals surface area contributed by atoms with Crippen LogP contribution in [0.3, 0.4) is 0 Å². The third-order valence-electron chi connectivity index (χ3n) is 10.8. The van der Waals surface area contributed by atoms with Gasteiger partial charge in [-0.05, 0) is 110 Å². The van der Waals surface area contributed by atoms with E-state index >= 15 is 0 Å². The Morgan fingerprint density at radius 2 is 1.80 bits per heavy atom. The predicted molar refractivity (Wildman–Crippen MR) is 128 cm³/mol. The van der Waals surface area contributed by atoms with Crippen molar-refractivity contribution in [1.29, 1.82) is 0 Å². The first kappa shape index (κ1) is 22.6. The zero-order valence-electron chi connectivity index (χ0n) is 20.7. The predicted octanol–water partition coefficient (Wildman–Crippen LogP) is 7.80. The fourth-order valence-electron chi connectivity index (χ4n) is 8.51. The summed E-state index contributed by atoms with van der Waals surface area (Å²) in [6, 6.07) is 0. The van der Waals surface area contributed by atoms with E-state index in [0.29, 0.717) is 16.7 Å². The maximum atomic E-state index is 10.2. The largest absolute Gasteiger partial charge is 0.393 e. The van der Waals surface area contributed by atoms with Gasteiger partial charge in [-0.1, -0.05) is 65.3 Å². The van der Waals surface area contributed by atoms with Crippen LogP contribution in [0.25, 0.3) is 0 Å². The average Bonchev–Trinajstić information content (AvgIpc) is 3.05. The Labute approximate surface area is 186 Å². The standard InChI is InChI=1S/C29H48O/c1-19(2)20(3)8-7-9-21(4)25-12-13-26-24-11-10-22-18-23(30)14-16-28(22,5)27(24)15-17-29(25,26)6/h7-8,10,19-21,23-27,30H,9,11-18H2,1-6H3/b8-7+/t20?,21-,23+,24+,25-,26+,27+,28+,29-/m1/s1. The maximum absolute atomic E-state index is 10.2. The second kappa shape index (κ2) is 8.42. The summed E-state index contributed by atoms with van der Waals surface area (Å²) >= 11 is 0. The van der Waals surface area contributed by atoms with Crippen molar-refractivity contribution < 1.29 is 5.11 Å². The highest BCUT2D eigenvalue weighted by atomic mass is 16.3. The summed E-state index contributed by atoms with van der Waals surface area (Å²) in [4.78, 5) is 0. The highest BCUT2D eigenvalue weighted by molar-refractivity contribution is 5.25. The summed E-state index contributed by atoms with van der Waals surface area (Å²) in [5.41, 5.74) is 2.54. The summed E-state index contributed by atoms with van der Waals surface area (Å²) in [6.45, 7) is 14.8. The molecule has 0 amide bonds. The van der Waals surface area contributed by atoms with Gasteiger partial charge in [-0.15, -0.1) is 0 Å². The van der Waals surface area contributed by atoms with Crippen LogP contribution in [0.1, 0.15) is 99.3 Å². The van der Waals surface area contributed by atoms with Gasteiger partial charge in [0.15, 0.2) is 0 Å². The third-order valence-corrected chi connectivity index (χ3v) is 10.8. The Kier molecular flexibility index (Phi) is 6.35. The lowest BCUT2D eigenvalue weighted by molar-refractivity contribution is -0.0565. The molecule has 0 saturated heterocycles. The first-order chi connectivity index (χ1) is 14.2. The topological polar surface area (TPSA) is 20.2 Å². The molecular formula is C29H48O. The van der Waals surface area contributed by atoms with Gasteiger partial charge >= 0.3 is 0 Å². The zero-order chi connectivity index (χ0) is 21.7. The Morgan fingerprint density at radius 1 is 1.03 bits per heavy atom. The number of aliphatic hydroxyl groups is 1. The van der Waals surface area contributed by atoms with Crippen molar-refractivity contribution in [2.45, 2.75) is 105 Å². The molecule has 30 heavy (non-hydrogen) atoms. The average molecular weight is 413 g/mol. The fraction of sp³-hybridized carbons (Fsp3) is 0.862. The van der Waals surface area contributed by atoms with Crippen molar-refractivity contribution in [3.8, 4) is 0 Å². The number of hydrogen-bond donors (Lipinski definition) is 1. The minimum atomic E-state index is -0.0853. The molecule has 4 aliphatic rings. The van der Waals surface area contributed by atoms with E-state index in [4.69, 9.17) is 0 Å². The Balaban J connectivity index is 1.47. The molecular weight excluding hydrogens is 364 g/mol. The van der Waals surface area contributed by atoms with Gasteiger partial charge in [0.25, 0.3) is 0 Å². The van der Waals surface area contributed by atoms with Crippen LogP contribution in [0.4, 0.5) is 0 Å². The Hall–Kier alpha value is -0.560. The number of aliphatic hydroxyl groups excluding tert-OH is 1. The van der Waals surface area contributed by atoms with Crippen molar-refractivity contribution in [3.63, 3.8) is 0 Å². The number of hydrogen-bond acceptors (Lipinski definition) is 1. The van der Waals surface area contributed by atoms with Crippen LogP contribution in [-0.2, 0) is 0 Å². The van der Waals surface area contributed by atoms with Crippen LogP contribution in [0.5, 0.6) is 0 Å². The molecule has 3 fully saturated rings. The molecule has 0 aliphatic heterocycles. The van der Waals surface area contributed by atoms with Crippen molar-refractivity contribution in [3.05, 3.63) is 23.8 Å². The molecule has 1 unspecified atom stereocenters. The van der Waals surface area contributed by atoms with E-state index in [1.54, 1.807) is 5.57 Å². The molecule has 0 aromatic heterocycles. The fourth-order valence-corrected chi connectivity index (χ4v) is 8.51. The molecule has 0 spiro atoms. The van der Waals surface area contributed by atoms with E-state index in [1.807, 2.05) is 0 Å². The molecule has 3 saturated carbocycles. The molecule has 9 atom stereocenters. The van der Waals surface area contributed by atoms with Gasteiger partial charge in [0.2, 0.25) is 0 Å². The van der Waals surface area contributed by atoms with Gasteiger partial charge in [-0.25, -0.2) is 0 Å². The second-order valence-electron chi connectivity index (χ2n) is 12.6. The SMILES string of the molecule is CC(C)C(C)/C=C/C[C@@H](C)[C@H]1CC[C@H]2[C@@H]3CC=C4C[C@@H](O)CC[C@]4(C)[C@H]3CC[C@]12C. The van der Waals surface area contributed by atoms with Crippen molar-refractivity contribution in [2.24, 2.45) is 52.3 Å². The van der Waals surface area contributed by atoms with Crippen LogP contribution in [-0.4, -0.2) is 11.2 Å². The van der Waals surface area contributed by atoms with Crippen molar-refractivity contribution in [2.75, 3.05) is 0 Å². The Morgan fingerprint density at radius 3 is 2.53 bits per heavy atom. The molecule has 0 bridgehead atoms. The number of allylic oxidation sites excluding steroid dienone is 3. The summed E-state index contributed by atoms with van der Waals surface area (Å²) in [6.07, 6.45) is 19.0. The van der Waals surface area contributed by atoms with E-state index in [-0.39, 0.29) is 6.10 Å². The zero-order valence-corrected chi connectivity index (χ0v) is 20.7. The molecule has 4 aliphatic carbocycles. The molecule has 0 aromatic carbocycles. The lowest BCUT2D eigenvalue weighted by Gasteiger charge is -2.58. The Bertz CT molecular complexity index is 674. The van der Waals surface area contributed by atoms with Gasteiger partial charge < -0.3 is 5.11 Å². The van der Waals surface area contributed by atoms with Gasteiger partial charge in [-0.2, -0.15) is 0 Å².